The highest BCUT2D eigenvalue weighted by Crippen LogP contribution is 2.48. The van der Waals surface area contributed by atoms with Gasteiger partial charge in [-0.3, -0.25) is 14.5 Å². The number of alkyl halides is 1. The summed E-state index contributed by atoms with van der Waals surface area (Å²) in [4.78, 5) is 32.8. The van der Waals surface area contributed by atoms with Crippen molar-refractivity contribution in [1.82, 2.24) is 4.98 Å². The lowest BCUT2D eigenvalue weighted by Crippen LogP contribution is -2.41. The van der Waals surface area contributed by atoms with Crippen molar-refractivity contribution in [3.8, 4) is 0 Å². The van der Waals surface area contributed by atoms with Gasteiger partial charge in [-0.2, -0.15) is 0 Å². The Hall–Kier alpha value is -2.66. The Morgan fingerprint density at radius 3 is 2.57 bits per heavy atom. The van der Waals surface area contributed by atoms with Crippen LogP contribution in [0.2, 0.25) is 0 Å². The molecule has 4 unspecified atom stereocenters. The van der Waals surface area contributed by atoms with Crippen molar-refractivity contribution in [2.24, 2.45) is 5.92 Å². The number of rotatable bonds is 2. The summed E-state index contributed by atoms with van der Waals surface area (Å²) in [7, 11) is 0. The zero-order valence-corrected chi connectivity index (χ0v) is 15.9. The van der Waals surface area contributed by atoms with Crippen molar-refractivity contribution in [1.29, 1.82) is 0 Å². The van der Waals surface area contributed by atoms with E-state index in [1.54, 1.807) is 23.2 Å². The van der Waals surface area contributed by atoms with Crippen LogP contribution in [0.3, 0.4) is 0 Å². The Morgan fingerprint density at radius 2 is 1.82 bits per heavy atom. The number of hydrogen-bond acceptors (Lipinski definition) is 4. The molecule has 2 aliphatic heterocycles. The second-order valence-electron chi connectivity index (χ2n) is 7.46. The molecule has 0 radical (unpaired) electrons. The van der Waals surface area contributed by atoms with Crippen LogP contribution in [0.15, 0.2) is 66.1 Å². The maximum absolute atomic E-state index is 13.5. The van der Waals surface area contributed by atoms with E-state index in [2.05, 4.69) is 4.98 Å². The highest BCUT2D eigenvalue weighted by molar-refractivity contribution is 6.21. The molecule has 4 atom stereocenters. The van der Waals surface area contributed by atoms with Crippen molar-refractivity contribution in [2.75, 3.05) is 4.90 Å². The molecule has 3 heterocycles. The number of carbonyl (C=O) groups is 2. The third-order valence-electron chi connectivity index (χ3n) is 5.80. The molecular formula is C22H19ClN2O3. The van der Waals surface area contributed by atoms with Crippen LogP contribution < -0.4 is 4.90 Å². The van der Waals surface area contributed by atoms with E-state index < -0.39 is 6.04 Å². The van der Waals surface area contributed by atoms with E-state index >= 15 is 0 Å². The number of ether oxygens (including phenoxy) is 1. The number of ketones is 1. The number of carbonyl (C=O) groups excluding carboxylic acids is 2. The molecule has 142 valence electrons. The number of Topliss-reactive ketones (excluding diaryl/α,β-unsaturated/α-hetero) is 1. The van der Waals surface area contributed by atoms with Crippen LogP contribution in [0.1, 0.15) is 30.9 Å². The van der Waals surface area contributed by atoms with Crippen LogP contribution in [0, 0.1) is 5.92 Å². The SMILES string of the molecule is O=C1C2=C(OC3CCC(Cl)CC13)C(=O)N(c1ccccn1)C2c1ccccc1. The third kappa shape index (κ3) is 2.65. The van der Waals surface area contributed by atoms with Crippen LogP contribution in [0.5, 0.6) is 0 Å². The number of hydrogen-bond donors (Lipinski definition) is 0. The topological polar surface area (TPSA) is 59.5 Å². The highest BCUT2D eigenvalue weighted by Gasteiger charge is 2.53. The van der Waals surface area contributed by atoms with Gasteiger partial charge in [0.15, 0.2) is 11.5 Å². The van der Waals surface area contributed by atoms with E-state index in [4.69, 9.17) is 16.3 Å². The van der Waals surface area contributed by atoms with Crippen molar-refractivity contribution < 1.29 is 14.3 Å². The van der Waals surface area contributed by atoms with Gasteiger partial charge in [0, 0.05) is 11.6 Å². The largest absolute Gasteiger partial charge is 0.483 e. The van der Waals surface area contributed by atoms with E-state index in [-0.39, 0.29) is 34.8 Å². The molecular weight excluding hydrogens is 376 g/mol. The summed E-state index contributed by atoms with van der Waals surface area (Å²) in [5.41, 5.74) is 1.30. The lowest BCUT2D eigenvalue weighted by Gasteiger charge is -2.37. The number of fused-ring (bicyclic) bond motifs is 1. The van der Waals surface area contributed by atoms with E-state index in [1.807, 2.05) is 36.4 Å². The highest BCUT2D eigenvalue weighted by atomic mass is 35.5. The summed E-state index contributed by atoms with van der Waals surface area (Å²) < 4.78 is 6.13. The van der Waals surface area contributed by atoms with Gasteiger partial charge in [-0.25, -0.2) is 4.98 Å². The zero-order chi connectivity index (χ0) is 19.3. The fraction of sp³-hybridized carbons (Fsp3) is 0.318. The van der Waals surface area contributed by atoms with Crippen molar-refractivity contribution in [3.63, 3.8) is 0 Å². The molecule has 3 aliphatic rings. The second kappa shape index (κ2) is 6.74. The number of benzene rings is 1. The van der Waals surface area contributed by atoms with Crippen LogP contribution in [0.25, 0.3) is 0 Å². The molecule has 1 aliphatic carbocycles. The minimum atomic E-state index is -0.539. The molecule has 1 amide bonds. The Bertz CT molecular complexity index is 960. The van der Waals surface area contributed by atoms with E-state index in [1.165, 1.54) is 0 Å². The third-order valence-corrected chi connectivity index (χ3v) is 6.19. The van der Waals surface area contributed by atoms with Gasteiger partial charge in [0.2, 0.25) is 0 Å². The summed E-state index contributed by atoms with van der Waals surface area (Å²) in [5.74, 6) is 0.0707. The van der Waals surface area contributed by atoms with E-state index in [0.717, 1.165) is 12.0 Å². The average molecular weight is 395 g/mol. The Labute approximate surface area is 168 Å². The number of pyridine rings is 1. The first-order chi connectivity index (χ1) is 13.6. The standard InChI is InChI=1S/C22H19ClN2O3/c23-14-9-10-16-15(12-14)20(26)18-19(13-6-2-1-3-7-13)25(22(27)21(18)28-16)17-8-4-5-11-24-17/h1-8,11,14-16,19H,9-10,12H2. The lowest BCUT2D eigenvalue weighted by atomic mass is 9.77. The van der Waals surface area contributed by atoms with Gasteiger partial charge in [-0.15, -0.1) is 11.6 Å². The smallest absolute Gasteiger partial charge is 0.295 e. The molecule has 2 aromatic rings. The number of amides is 1. The molecule has 1 saturated carbocycles. The van der Waals surface area contributed by atoms with Crippen molar-refractivity contribution in [2.45, 2.75) is 36.8 Å². The fourth-order valence-corrected chi connectivity index (χ4v) is 4.82. The predicted molar refractivity (Wildman–Crippen MR) is 105 cm³/mol. The molecule has 0 bridgehead atoms. The number of halogens is 1. The monoisotopic (exact) mass is 394 g/mol. The van der Waals surface area contributed by atoms with Crippen LogP contribution in [-0.2, 0) is 14.3 Å². The summed E-state index contributed by atoms with van der Waals surface area (Å²) in [6.45, 7) is 0. The quantitative estimate of drug-likeness (QED) is 0.727. The van der Waals surface area contributed by atoms with Crippen molar-refractivity contribution in [3.05, 3.63) is 71.6 Å². The van der Waals surface area contributed by atoms with Gasteiger partial charge in [0.25, 0.3) is 5.91 Å². The summed E-state index contributed by atoms with van der Waals surface area (Å²) in [6, 6.07) is 14.4. The predicted octanol–water partition coefficient (Wildman–Crippen LogP) is 3.80. The minimum absolute atomic E-state index is 0.0164. The van der Waals surface area contributed by atoms with Gasteiger partial charge in [-0.05, 0) is 37.0 Å². The average Bonchev–Trinajstić information content (AvgIpc) is 3.03. The maximum Gasteiger partial charge on any atom is 0.295 e. The molecule has 1 aromatic carbocycles. The summed E-state index contributed by atoms with van der Waals surface area (Å²) in [6.07, 6.45) is 3.43. The first kappa shape index (κ1) is 17.4. The van der Waals surface area contributed by atoms with Crippen LogP contribution >= 0.6 is 11.6 Å². The van der Waals surface area contributed by atoms with Crippen molar-refractivity contribution >= 4 is 29.1 Å². The van der Waals surface area contributed by atoms with Crippen LogP contribution in [-0.4, -0.2) is 28.2 Å². The molecule has 0 saturated heterocycles. The normalized spacial score (nSPS) is 29.4. The molecule has 1 fully saturated rings. The minimum Gasteiger partial charge on any atom is -0.483 e. The number of aromatic nitrogens is 1. The molecule has 28 heavy (non-hydrogen) atoms. The first-order valence-electron chi connectivity index (χ1n) is 9.54. The Kier molecular flexibility index (Phi) is 4.20. The van der Waals surface area contributed by atoms with Gasteiger partial charge in [0.05, 0.1) is 17.5 Å². The van der Waals surface area contributed by atoms with Gasteiger partial charge in [-0.1, -0.05) is 36.4 Å². The summed E-state index contributed by atoms with van der Waals surface area (Å²) in [5, 5.41) is -0.0323. The fourth-order valence-electron chi connectivity index (χ4n) is 4.50. The van der Waals surface area contributed by atoms with Gasteiger partial charge in [0.1, 0.15) is 11.9 Å². The molecule has 0 spiro atoms. The van der Waals surface area contributed by atoms with E-state index in [0.29, 0.717) is 24.2 Å². The number of nitrogens with zero attached hydrogens (tertiary/aromatic N) is 2. The molecule has 5 rings (SSSR count). The van der Waals surface area contributed by atoms with E-state index in [9.17, 15) is 9.59 Å². The second-order valence-corrected chi connectivity index (χ2v) is 8.07. The Balaban J connectivity index is 1.64. The molecule has 6 heteroatoms. The van der Waals surface area contributed by atoms with Crippen LogP contribution in [0.4, 0.5) is 5.82 Å². The Morgan fingerprint density at radius 1 is 1.04 bits per heavy atom. The number of anilines is 1. The molecule has 0 N–H and O–H groups in total. The van der Waals surface area contributed by atoms with Gasteiger partial charge < -0.3 is 4.74 Å². The molecule has 5 nitrogen and oxygen atoms in total. The maximum atomic E-state index is 13.5. The van der Waals surface area contributed by atoms with Gasteiger partial charge >= 0.3 is 0 Å². The molecule has 1 aromatic heterocycles. The zero-order valence-electron chi connectivity index (χ0n) is 15.1. The lowest BCUT2D eigenvalue weighted by molar-refractivity contribution is -0.131. The first-order valence-corrected chi connectivity index (χ1v) is 9.97. The summed E-state index contributed by atoms with van der Waals surface area (Å²) >= 11 is 6.34.